The first kappa shape index (κ1) is 20.0. The van der Waals surface area contributed by atoms with E-state index in [9.17, 15) is 17.2 Å². The maximum Gasteiger partial charge on any atom is 0.497 e. The molecule has 0 radical (unpaired) electrons. The van der Waals surface area contributed by atoms with Crippen molar-refractivity contribution in [1.29, 1.82) is 0 Å². The number of fused-ring (bicyclic) bond motifs is 1. The summed E-state index contributed by atoms with van der Waals surface area (Å²) in [5.41, 5.74) is -0.707. The van der Waals surface area contributed by atoms with Crippen LogP contribution in [0.4, 0.5) is 14.6 Å². The zero-order valence-corrected chi connectivity index (χ0v) is 16.8. The average molecular weight is 401 g/mol. The van der Waals surface area contributed by atoms with Gasteiger partial charge in [-0.3, -0.25) is 9.40 Å². The van der Waals surface area contributed by atoms with Crippen molar-refractivity contribution in [2.75, 3.05) is 11.0 Å². The van der Waals surface area contributed by atoms with E-state index >= 15 is 0 Å². The summed E-state index contributed by atoms with van der Waals surface area (Å²) < 4.78 is 66.1. The van der Waals surface area contributed by atoms with E-state index < -0.39 is 34.8 Å². The number of benzene rings is 1. The molecule has 1 aromatic carbocycles. The van der Waals surface area contributed by atoms with Gasteiger partial charge in [-0.2, -0.15) is 5.10 Å². The summed E-state index contributed by atoms with van der Waals surface area (Å²) in [6.45, 7) is 7.55. The highest BCUT2D eigenvalue weighted by Gasteiger charge is 2.52. The summed E-state index contributed by atoms with van der Waals surface area (Å²) in [7, 11) is -2.94. The maximum absolute atomic E-state index is 13.6. The minimum atomic E-state index is -3.70. The van der Waals surface area contributed by atoms with E-state index in [4.69, 9.17) is 9.31 Å². The number of anilines is 1. The van der Waals surface area contributed by atoms with Crippen molar-refractivity contribution in [3.63, 3.8) is 0 Å². The lowest BCUT2D eigenvalue weighted by molar-refractivity contribution is 0.00578. The van der Waals surface area contributed by atoms with Crippen LogP contribution in [-0.4, -0.2) is 42.8 Å². The third kappa shape index (κ3) is 3.43. The summed E-state index contributed by atoms with van der Waals surface area (Å²) in [6.07, 6.45) is -1.86. The number of hydrogen-bond donors (Lipinski definition) is 1. The van der Waals surface area contributed by atoms with Crippen LogP contribution in [0.1, 0.15) is 39.7 Å². The molecule has 2 aromatic rings. The number of aromatic nitrogens is 2. The fourth-order valence-corrected chi connectivity index (χ4v) is 3.55. The van der Waals surface area contributed by atoms with Crippen molar-refractivity contribution in [2.24, 2.45) is 7.05 Å². The SMILES string of the molecule is Cn1nc(NS(C)(=O)=O)c2c(C(F)F)ccc(B3OC(C)(C)C(C)(C)O3)c21. The second-order valence-corrected chi connectivity index (χ2v) is 9.45. The summed E-state index contributed by atoms with van der Waals surface area (Å²) in [5.74, 6) is -0.149. The van der Waals surface area contributed by atoms with Crippen LogP contribution in [0, 0.1) is 0 Å². The Labute approximate surface area is 157 Å². The summed E-state index contributed by atoms with van der Waals surface area (Å²) >= 11 is 0. The van der Waals surface area contributed by atoms with Crippen molar-refractivity contribution in [2.45, 2.75) is 45.3 Å². The van der Waals surface area contributed by atoms with Crippen molar-refractivity contribution in [3.05, 3.63) is 17.7 Å². The van der Waals surface area contributed by atoms with Crippen LogP contribution in [-0.2, 0) is 26.4 Å². The first-order chi connectivity index (χ1) is 12.2. The molecule has 0 bridgehead atoms. The topological polar surface area (TPSA) is 82.5 Å². The van der Waals surface area contributed by atoms with Crippen LogP contribution >= 0.6 is 0 Å². The second kappa shape index (κ2) is 6.15. The Morgan fingerprint density at radius 1 is 1.19 bits per heavy atom. The van der Waals surface area contributed by atoms with Crippen LogP contribution in [0.25, 0.3) is 10.9 Å². The molecule has 0 spiro atoms. The number of hydrogen-bond acceptors (Lipinski definition) is 5. The highest BCUT2D eigenvalue weighted by Crippen LogP contribution is 2.38. The normalized spacial score (nSPS) is 19.2. The molecule has 0 atom stereocenters. The molecule has 1 N–H and O–H groups in total. The molecule has 0 amide bonds. The van der Waals surface area contributed by atoms with Gasteiger partial charge in [-0.15, -0.1) is 0 Å². The van der Waals surface area contributed by atoms with Crippen LogP contribution in [0.3, 0.4) is 0 Å². The van der Waals surface area contributed by atoms with Gasteiger partial charge in [-0.05, 0) is 27.7 Å². The minimum absolute atomic E-state index is 0.0325. The molecule has 0 saturated carbocycles. The van der Waals surface area contributed by atoms with Gasteiger partial charge in [-0.1, -0.05) is 12.1 Å². The summed E-state index contributed by atoms with van der Waals surface area (Å²) in [5, 5.41) is 4.14. The molecule has 7 nitrogen and oxygen atoms in total. The Bertz CT molecular complexity index is 989. The number of rotatable bonds is 4. The van der Waals surface area contributed by atoms with Crippen LogP contribution in [0.15, 0.2) is 12.1 Å². The molecule has 1 fully saturated rings. The fraction of sp³-hybridized carbons (Fsp3) is 0.562. The summed E-state index contributed by atoms with van der Waals surface area (Å²) in [6, 6.07) is 2.76. The Kier molecular flexibility index (Phi) is 4.56. The van der Waals surface area contributed by atoms with Gasteiger partial charge in [0.15, 0.2) is 5.82 Å². The Morgan fingerprint density at radius 3 is 2.22 bits per heavy atom. The molecule has 1 aliphatic heterocycles. The lowest BCUT2D eigenvalue weighted by Gasteiger charge is -2.32. The molecule has 148 valence electrons. The highest BCUT2D eigenvalue weighted by atomic mass is 32.2. The van der Waals surface area contributed by atoms with Gasteiger partial charge in [0.05, 0.1) is 28.4 Å². The predicted octanol–water partition coefficient (Wildman–Crippen LogP) is 2.18. The molecular weight excluding hydrogens is 379 g/mol. The standard InChI is InChI=1S/C16H22BF2N3O4S/c1-15(2)16(3,4)26-17(25-15)10-8-7-9(13(18)19)11-12(10)22(5)20-14(11)21-27(6,23)24/h7-8,13H,1-6H3,(H,20,21). The number of nitrogens with one attached hydrogen (secondary N) is 1. The Morgan fingerprint density at radius 2 is 1.74 bits per heavy atom. The zero-order chi connectivity index (χ0) is 20.4. The van der Waals surface area contributed by atoms with Gasteiger partial charge in [-0.25, -0.2) is 17.2 Å². The smallest absolute Gasteiger partial charge is 0.399 e. The second-order valence-electron chi connectivity index (χ2n) is 7.70. The quantitative estimate of drug-likeness (QED) is 0.795. The van der Waals surface area contributed by atoms with Gasteiger partial charge < -0.3 is 9.31 Å². The van der Waals surface area contributed by atoms with Crippen LogP contribution in [0.5, 0.6) is 0 Å². The number of halogens is 2. The molecule has 1 aromatic heterocycles. The van der Waals surface area contributed by atoms with E-state index in [-0.39, 0.29) is 16.8 Å². The Hall–Kier alpha value is -1.72. The maximum atomic E-state index is 13.6. The molecule has 3 rings (SSSR count). The lowest BCUT2D eigenvalue weighted by atomic mass is 9.77. The van der Waals surface area contributed by atoms with Crippen molar-refractivity contribution in [1.82, 2.24) is 9.78 Å². The third-order valence-electron chi connectivity index (χ3n) is 5.08. The molecule has 27 heavy (non-hydrogen) atoms. The third-order valence-corrected chi connectivity index (χ3v) is 5.64. The number of alkyl halides is 2. The molecule has 1 saturated heterocycles. The van der Waals surface area contributed by atoms with Crippen LogP contribution < -0.4 is 10.2 Å². The zero-order valence-electron chi connectivity index (χ0n) is 16.0. The predicted molar refractivity (Wildman–Crippen MR) is 99.9 cm³/mol. The fourth-order valence-electron chi connectivity index (χ4n) is 3.06. The van der Waals surface area contributed by atoms with Crippen LogP contribution in [0.2, 0.25) is 0 Å². The van der Waals surface area contributed by atoms with Gasteiger partial charge >= 0.3 is 7.12 Å². The lowest BCUT2D eigenvalue weighted by Crippen LogP contribution is -2.41. The van der Waals surface area contributed by atoms with Crippen molar-refractivity contribution < 1.29 is 26.5 Å². The van der Waals surface area contributed by atoms with E-state index in [0.29, 0.717) is 11.0 Å². The van der Waals surface area contributed by atoms with Gasteiger partial charge in [0.2, 0.25) is 10.0 Å². The van der Waals surface area contributed by atoms with E-state index in [1.165, 1.54) is 16.8 Å². The van der Waals surface area contributed by atoms with E-state index in [2.05, 4.69) is 9.82 Å². The van der Waals surface area contributed by atoms with Gasteiger partial charge in [0.25, 0.3) is 6.43 Å². The monoisotopic (exact) mass is 401 g/mol. The van der Waals surface area contributed by atoms with E-state index in [1.807, 2.05) is 27.7 Å². The van der Waals surface area contributed by atoms with E-state index in [0.717, 1.165) is 6.26 Å². The molecule has 0 unspecified atom stereocenters. The number of sulfonamides is 1. The van der Waals surface area contributed by atoms with Crippen molar-refractivity contribution >= 4 is 39.3 Å². The average Bonchev–Trinajstić information content (AvgIpc) is 2.90. The number of nitrogens with zero attached hydrogens (tertiary/aromatic N) is 2. The van der Waals surface area contributed by atoms with Crippen molar-refractivity contribution in [3.8, 4) is 0 Å². The Balaban J connectivity index is 2.24. The molecular formula is C16H22BF2N3O4S. The minimum Gasteiger partial charge on any atom is -0.399 e. The molecule has 11 heteroatoms. The van der Waals surface area contributed by atoms with Gasteiger partial charge in [0, 0.05) is 18.1 Å². The first-order valence-corrected chi connectivity index (χ1v) is 10.2. The molecule has 1 aliphatic rings. The largest absolute Gasteiger partial charge is 0.497 e. The first-order valence-electron chi connectivity index (χ1n) is 8.34. The molecule has 0 aliphatic carbocycles. The highest BCUT2D eigenvalue weighted by molar-refractivity contribution is 7.92. The van der Waals surface area contributed by atoms with E-state index in [1.54, 1.807) is 7.05 Å². The van der Waals surface area contributed by atoms with Gasteiger partial charge in [0.1, 0.15) is 0 Å². The molecule has 2 heterocycles. The summed E-state index contributed by atoms with van der Waals surface area (Å²) in [4.78, 5) is 0. The number of aryl methyl sites for hydroxylation is 1.